The van der Waals surface area contributed by atoms with Crippen molar-refractivity contribution in [3.05, 3.63) is 23.4 Å². The third kappa shape index (κ3) is 2.31. The lowest BCUT2D eigenvalue weighted by molar-refractivity contribution is 0.129. The van der Waals surface area contributed by atoms with E-state index >= 15 is 0 Å². The molecule has 1 fully saturated rings. The summed E-state index contributed by atoms with van der Waals surface area (Å²) in [6, 6.07) is 4.60. The fourth-order valence-corrected chi connectivity index (χ4v) is 2.68. The molecule has 3 rings (SSSR count). The molecule has 0 aliphatic carbocycles. The number of likely N-dealkylation sites (N-methyl/N-ethyl adjacent to an activating group) is 1. The number of hydrogen-bond acceptors (Lipinski definition) is 6. The Kier molecular flexibility index (Phi) is 3.40. The summed E-state index contributed by atoms with van der Waals surface area (Å²) in [6.45, 7) is 6.01. The Balaban J connectivity index is 1.69. The molecule has 2 aromatic rings. The molecule has 3 heterocycles. The topological polar surface area (TPSA) is 54.2 Å². The van der Waals surface area contributed by atoms with Gasteiger partial charge in [0.25, 0.3) is 0 Å². The number of nitrogens with one attached hydrogen (secondary N) is 1. The number of hydrogen-bond donors (Lipinski definition) is 1. The minimum Gasteiger partial charge on any atom is -0.338 e. The normalized spacial score (nSPS) is 16.1. The standard InChI is InChI=1S/C12H16N4OS/c1-2-16(9-6-13-7-9)8-11-14-12(15-17-11)10-4-3-5-18-10/h3-5,9,13H,2,6-8H2,1H3. The lowest BCUT2D eigenvalue weighted by Crippen LogP contribution is -2.56. The average Bonchev–Trinajstić information content (AvgIpc) is 2.95. The summed E-state index contributed by atoms with van der Waals surface area (Å²) in [5.74, 6) is 1.40. The minimum absolute atomic E-state index is 0.604. The first-order valence-corrected chi connectivity index (χ1v) is 7.06. The van der Waals surface area contributed by atoms with Crippen molar-refractivity contribution in [2.24, 2.45) is 0 Å². The van der Waals surface area contributed by atoms with Gasteiger partial charge in [0.15, 0.2) is 0 Å². The van der Waals surface area contributed by atoms with Crippen LogP contribution in [0.2, 0.25) is 0 Å². The largest absolute Gasteiger partial charge is 0.338 e. The van der Waals surface area contributed by atoms with E-state index in [4.69, 9.17) is 4.52 Å². The van der Waals surface area contributed by atoms with Crippen LogP contribution in [-0.4, -0.2) is 40.7 Å². The second-order valence-corrected chi connectivity index (χ2v) is 5.31. The van der Waals surface area contributed by atoms with Gasteiger partial charge in [-0.25, -0.2) is 0 Å². The third-order valence-electron chi connectivity index (χ3n) is 3.23. The van der Waals surface area contributed by atoms with Gasteiger partial charge in [-0.2, -0.15) is 4.98 Å². The van der Waals surface area contributed by atoms with E-state index in [9.17, 15) is 0 Å². The van der Waals surface area contributed by atoms with Gasteiger partial charge in [0.1, 0.15) is 0 Å². The Morgan fingerprint density at radius 3 is 3.06 bits per heavy atom. The van der Waals surface area contributed by atoms with Crippen molar-refractivity contribution in [1.29, 1.82) is 0 Å². The first kappa shape index (κ1) is 11.8. The summed E-state index contributed by atoms with van der Waals surface area (Å²) in [6.07, 6.45) is 0. The maximum Gasteiger partial charge on any atom is 0.241 e. The number of nitrogens with zero attached hydrogens (tertiary/aromatic N) is 3. The van der Waals surface area contributed by atoms with E-state index in [1.54, 1.807) is 11.3 Å². The van der Waals surface area contributed by atoms with Crippen LogP contribution in [0, 0.1) is 0 Å². The molecule has 0 atom stereocenters. The molecule has 0 spiro atoms. The van der Waals surface area contributed by atoms with Gasteiger partial charge >= 0.3 is 0 Å². The summed E-state index contributed by atoms with van der Waals surface area (Å²) in [7, 11) is 0. The molecule has 1 aliphatic rings. The minimum atomic E-state index is 0.604. The van der Waals surface area contributed by atoms with Crippen LogP contribution in [0.1, 0.15) is 12.8 Å². The van der Waals surface area contributed by atoms with Crippen molar-refractivity contribution in [3.63, 3.8) is 0 Å². The fourth-order valence-electron chi connectivity index (χ4n) is 2.03. The molecule has 0 saturated carbocycles. The molecule has 0 aromatic carbocycles. The molecule has 0 radical (unpaired) electrons. The highest BCUT2D eigenvalue weighted by Gasteiger charge is 2.25. The molecule has 5 nitrogen and oxygen atoms in total. The molecule has 1 aliphatic heterocycles. The molecule has 1 saturated heterocycles. The Morgan fingerprint density at radius 1 is 1.56 bits per heavy atom. The van der Waals surface area contributed by atoms with E-state index in [1.165, 1.54) is 0 Å². The van der Waals surface area contributed by atoms with E-state index < -0.39 is 0 Å². The van der Waals surface area contributed by atoms with Crippen molar-refractivity contribution in [2.75, 3.05) is 19.6 Å². The molecular formula is C12H16N4OS. The van der Waals surface area contributed by atoms with Crippen LogP contribution in [-0.2, 0) is 6.54 Å². The Labute approximate surface area is 110 Å². The van der Waals surface area contributed by atoms with Crippen LogP contribution in [0.4, 0.5) is 0 Å². The maximum atomic E-state index is 5.32. The molecule has 18 heavy (non-hydrogen) atoms. The van der Waals surface area contributed by atoms with Crippen LogP contribution in [0.5, 0.6) is 0 Å². The van der Waals surface area contributed by atoms with Gasteiger partial charge in [0.05, 0.1) is 11.4 Å². The van der Waals surface area contributed by atoms with Gasteiger partial charge in [-0.1, -0.05) is 18.1 Å². The molecule has 0 amide bonds. The monoisotopic (exact) mass is 264 g/mol. The van der Waals surface area contributed by atoms with Crippen LogP contribution < -0.4 is 5.32 Å². The summed E-state index contributed by atoms with van der Waals surface area (Å²) in [4.78, 5) is 7.87. The van der Waals surface area contributed by atoms with Crippen molar-refractivity contribution >= 4 is 11.3 Å². The maximum absolute atomic E-state index is 5.32. The quantitative estimate of drug-likeness (QED) is 0.889. The van der Waals surface area contributed by atoms with Crippen LogP contribution >= 0.6 is 11.3 Å². The number of rotatable bonds is 5. The first-order chi connectivity index (χ1) is 8.86. The van der Waals surface area contributed by atoms with E-state index in [0.717, 1.165) is 31.1 Å². The highest BCUT2D eigenvalue weighted by Crippen LogP contribution is 2.21. The van der Waals surface area contributed by atoms with Crippen molar-refractivity contribution < 1.29 is 4.52 Å². The molecule has 0 bridgehead atoms. The molecule has 6 heteroatoms. The highest BCUT2D eigenvalue weighted by molar-refractivity contribution is 7.13. The average molecular weight is 264 g/mol. The van der Waals surface area contributed by atoms with Crippen molar-refractivity contribution in [3.8, 4) is 10.7 Å². The summed E-state index contributed by atoms with van der Waals surface area (Å²) >= 11 is 1.63. The van der Waals surface area contributed by atoms with E-state index in [1.807, 2.05) is 17.5 Å². The van der Waals surface area contributed by atoms with Gasteiger partial charge < -0.3 is 9.84 Å². The Morgan fingerprint density at radius 2 is 2.44 bits per heavy atom. The predicted octanol–water partition coefficient (Wildman–Crippen LogP) is 1.59. The van der Waals surface area contributed by atoms with Crippen LogP contribution in [0.15, 0.2) is 22.0 Å². The second-order valence-electron chi connectivity index (χ2n) is 4.36. The van der Waals surface area contributed by atoms with Crippen molar-refractivity contribution in [1.82, 2.24) is 20.4 Å². The second kappa shape index (κ2) is 5.17. The highest BCUT2D eigenvalue weighted by atomic mass is 32.1. The zero-order valence-electron chi connectivity index (χ0n) is 10.3. The molecule has 0 unspecified atom stereocenters. The van der Waals surface area contributed by atoms with Gasteiger partial charge in [-0.05, 0) is 18.0 Å². The van der Waals surface area contributed by atoms with Crippen LogP contribution in [0.3, 0.4) is 0 Å². The molecule has 96 valence electrons. The van der Waals surface area contributed by atoms with Gasteiger partial charge in [-0.15, -0.1) is 11.3 Å². The Bertz CT molecular complexity index is 492. The van der Waals surface area contributed by atoms with Crippen LogP contribution in [0.25, 0.3) is 10.7 Å². The smallest absolute Gasteiger partial charge is 0.241 e. The lowest BCUT2D eigenvalue weighted by Gasteiger charge is -2.36. The fraction of sp³-hybridized carbons (Fsp3) is 0.500. The molecular weight excluding hydrogens is 248 g/mol. The number of thiophene rings is 1. The zero-order valence-corrected chi connectivity index (χ0v) is 11.1. The molecule has 1 N–H and O–H groups in total. The lowest BCUT2D eigenvalue weighted by atomic mass is 10.1. The molecule has 2 aromatic heterocycles. The van der Waals surface area contributed by atoms with E-state index in [2.05, 4.69) is 27.3 Å². The van der Waals surface area contributed by atoms with E-state index in [0.29, 0.717) is 17.8 Å². The number of aromatic nitrogens is 2. The summed E-state index contributed by atoms with van der Waals surface area (Å²) < 4.78 is 5.32. The van der Waals surface area contributed by atoms with Crippen molar-refractivity contribution in [2.45, 2.75) is 19.5 Å². The Hall–Kier alpha value is -1.24. The third-order valence-corrected chi connectivity index (χ3v) is 4.10. The SMILES string of the molecule is CCN(Cc1nc(-c2cccs2)no1)C1CNC1. The van der Waals surface area contributed by atoms with Gasteiger partial charge in [0, 0.05) is 19.1 Å². The summed E-state index contributed by atoms with van der Waals surface area (Å²) in [5, 5.41) is 9.33. The van der Waals surface area contributed by atoms with Gasteiger partial charge in [0.2, 0.25) is 11.7 Å². The first-order valence-electron chi connectivity index (χ1n) is 6.18. The zero-order chi connectivity index (χ0) is 12.4. The predicted molar refractivity (Wildman–Crippen MR) is 70.4 cm³/mol. The van der Waals surface area contributed by atoms with Gasteiger partial charge in [-0.3, -0.25) is 4.90 Å². The van der Waals surface area contributed by atoms with E-state index in [-0.39, 0.29) is 0 Å². The summed E-state index contributed by atoms with van der Waals surface area (Å²) in [5.41, 5.74) is 0.